The van der Waals surface area contributed by atoms with E-state index in [1.54, 1.807) is 0 Å². The summed E-state index contributed by atoms with van der Waals surface area (Å²) in [5.41, 5.74) is -0.186. The summed E-state index contributed by atoms with van der Waals surface area (Å²) >= 11 is 0. The highest BCUT2D eigenvalue weighted by Crippen LogP contribution is 2.30. The van der Waals surface area contributed by atoms with E-state index in [1.165, 1.54) is 43.5 Å². The Kier molecular flexibility index (Phi) is 8.53. The van der Waals surface area contributed by atoms with E-state index in [4.69, 9.17) is 4.74 Å². The van der Waals surface area contributed by atoms with Gasteiger partial charge in [0.2, 0.25) is 5.91 Å². The van der Waals surface area contributed by atoms with E-state index in [9.17, 15) is 28.1 Å². The summed E-state index contributed by atoms with van der Waals surface area (Å²) in [6.45, 7) is 2.64. The number of nitro benzene ring substituents is 1. The number of rotatable bonds is 11. The molecule has 0 radical (unpaired) electrons. The lowest BCUT2D eigenvalue weighted by Gasteiger charge is -2.12. The van der Waals surface area contributed by atoms with Crippen LogP contribution in [-0.4, -0.2) is 45.4 Å². The number of carbonyl (C=O) groups is 2. The molecular weight excluding hydrogens is 440 g/mol. The fourth-order valence-corrected chi connectivity index (χ4v) is 3.68. The van der Waals surface area contributed by atoms with Crippen molar-refractivity contribution in [3.8, 4) is 5.75 Å². The van der Waals surface area contributed by atoms with Gasteiger partial charge in [0, 0.05) is 37.2 Å². The highest BCUT2D eigenvalue weighted by Gasteiger charge is 2.20. The number of nitrogens with zero attached hydrogens (tertiary/aromatic N) is 1. The average Bonchev–Trinajstić information content (AvgIpc) is 2.77. The van der Waals surface area contributed by atoms with E-state index < -0.39 is 20.9 Å². The summed E-state index contributed by atoms with van der Waals surface area (Å²) in [4.78, 5) is 33.9. The van der Waals surface area contributed by atoms with E-state index in [0.29, 0.717) is 6.54 Å². The number of carbonyl (C=O) groups excluding carboxylic acids is 2. The minimum absolute atomic E-state index is 0.0927. The fourth-order valence-electron chi connectivity index (χ4n) is 2.62. The molecule has 0 saturated heterocycles. The van der Waals surface area contributed by atoms with Gasteiger partial charge in [-0.1, -0.05) is 6.92 Å². The van der Waals surface area contributed by atoms with Crippen molar-refractivity contribution in [3.05, 3.63) is 58.1 Å². The summed E-state index contributed by atoms with van der Waals surface area (Å²) in [5.74, 6) is -0.514. The Morgan fingerprint density at radius 3 is 2.34 bits per heavy atom. The van der Waals surface area contributed by atoms with E-state index >= 15 is 0 Å². The van der Waals surface area contributed by atoms with Crippen molar-refractivity contribution < 1.29 is 27.7 Å². The average molecular weight is 465 g/mol. The van der Waals surface area contributed by atoms with Gasteiger partial charge in [0.1, 0.15) is 5.75 Å². The Labute approximate surface area is 185 Å². The lowest BCUT2D eigenvalue weighted by Crippen LogP contribution is -2.31. The number of amides is 2. The van der Waals surface area contributed by atoms with Gasteiger partial charge in [0.15, 0.2) is 0 Å². The molecule has 2 aromatic carbocycles. The number of nitrogens with one attached hydrogen (secondary N) is 3. The molecule has 0 unspecified atom stereocenters. The number of methoxy groups -OCH3 is 1. The first-order valence-electron chi connectivity index (χ1n) is 9.68. The number of sulfonamides is 1. The van der Waals surface area contributed by atoms with Crippen LogP contribution < -0.4 is 20.1 Å². The van der Waals surface area contributed by atoms with Crippen molar-refractivity contribution in [2.45, 2.75) is 24.7 Å². The molecule has 12 heteroatoms. The van der Waals surface area contributed by atoms with Crippen LogP contribution in [0.5, 0.6) is 5.75 Å². The molecule has 0 aliphatic carbocycles. The smallest absolute Gasteiger partial charge is 0.271 e. The predicted molar refractivity (Wildman–Crippen MR) is 117 cm³/mol. The van der Waals surface area contributed by atoms with Crippen LogP contribution in [-0.2, 0) is 14.8 Å². The van der Waals surface area contributed by atoms with Gasteiger partial charge in [-0.25, -0.2) is 8.42 Å². The van der Waals surface area contributed by atoms with Crippen LogP contribution >= 0.6 is 0 Å². The van der Waals surface area contributed by atoms with E-state index in [0.717, 1.165) is 12.5 Å². The summed E-state index contributed by atoms with van der Waals surface area (Å²) in [6.07, 6.45) is 0.948. The highest BCUT2D eigenvalue weighted by molar-refractivity contribution is 7.92. The maximum absolute atomic E-state index is 12.7. The topological polar surface area (TPSA) is 157 Å². The van der Waals surface area contributed by atoms with Gasteiger partial charge < -0.3 is 15.4 Å². The van der Waals surface area contributed by atoms with Crippen molar-refractivity contribution in [1.29, 1.82) is 0 Å². The van der Waals surface area contributed by atoms with Crippen molar-refractivity contribution in [2.24, 2.45) is 0 Å². The van der Waals surface area contributed by atoms with Crippen molar-refractivity contribution >= 4 is 33.2 Å². The molecule has 172 valence electrons. The third-order valence-electron chi connectivity index (χ3n) is 4.27. The zero-order valence-electron chi connectivity index (χ0n) is 17.6. The van der Waals surface area contributed by atoms with Crippen LogP contribution in [0.15, 0.2) is 47.4 Å². The van der Waals surface area contributed by atoms with Crippen LogP contribution in [0, 0.1) is 10.1 Å². The molecule has 0 bridgehead atoms. The number of anilines is 1. The van der Waals surface area contributed by atoms with E-state index in [2.05, 4.69) is 15.4 Å². The summed E-state index contributed by atoms with van der Waals surface area (Å²) in [7, 11) is -2.80. The number of ether oxygens (including phenoxy) is 1. The Balaban J connectivity index is 2.07. The number of non-ortho nitro benzene ring substituents is 1. The minimum atomic E-state index is -4.11. The van der Waals surface area contributed by atoms with Gasteiger partial charge in [0.25, 0.3) is 21.6 Å². The first-order valence-corrected chi connectivity index (χ1v) is 11.2. The minimum Gasteiger partial charge on any atom is -0.495 e. The number of hydrogen-bond acceptors (Lipinski definition) is 7. The Morgan fingerprint density at radius 1 is 1.06 bits per heavy atom. The van der Waals surface area contributed by atoms with Crippen LogP contribution in [0.2, 0.25) is 0 Å². The normalized spacial score (nSPS) is 10.8. The third kappa shape index (κ3) is 6.67. The Morgan fingerprint density at radius 2 is 1.75 bits per heavy atom. The molecule has 2 amide bonds. The molecule has 0 saturated carbocycles. The Hall–Kier alpha value is -3.67. The van der Waals surface area contributed by atoms with E-state index in [1.807, 2.05) is 6.92 Å². The van der Waals surface area contributed by atoms with Crippen molar-refractivity contribution in [3.63, 3.8) is 0 Å². The van der Waals surface area contributed by atoms with Gasteiger partial charge in [0.05, 0.1) is 22.6 Å². The first-order chi connectivity index (χ1) is 15.2. The zero-order chi connectivity index (χ0) is 23.7. The van der Waals surface area contributed by atoms with Crippen LogP contribution in [0.3, 0.4) is 0 Å². The molecule has 2 rings (SSSR count). The standard InChI is InChI=1S/C20H24N4O7S/c1-3-11-21-19(25)10-12-22-20(26)14-4-7-16(8-5-14)32(29,30)23-17-13-15(24(27)28)6-9-18(17)31-2/h4-9,13,23H,3,10-12H2,1-2H3,(H,21,25)(H,22,26). The third-order valence-corrected chi connectivity index (χ3v) is 5.66. The molecule has 0 atom stereocenters. The molecule has 0 aliphatic heterocycles. The lowest BCUT2D eigenvalue weighted by molar-refractivity contribution is -0.384. The molecule has 0 heterocycles. The second-order valence-corrected chi connectivity index (χ2v) is 8.31. The molecule has 32 heavy (non-hydrogen) atoms. The second-order valence-electron chi connectivity index (χ2n) is 6.63. The predicted octanol–water partition coefficient (Wildman–Crippen LogP) is 2.05. The lowest BCUT2D eigenvalue weighted by atomic mass is 10.2. The fraction of sp³-hybridized carbons (Fsp3) is 0.300. The number of hydrogen-bond donors (Lipinski definition) is 3. The van der Waals surface area contributed by atoms with Crippen molar-refractivity contribution in [1.82, 2.24) is 10.6 Å². The van der Waals surface area contributed by atoms with Crippen LogP contribution in [0.25, 0.3) is 0 Å². The molecule has 0 fully saturated rings. The molecule has 2 aromatic rings. The van der Waals surface area contributed by atoms with E-state index in [-0.39, 0.29) is 46.5 Å². The van der Waals surface area contributed by atoms with Crippen LogP contribution in [0.1, 0.15) is 30.1 Å². The summed E-state index contributed by atoms with van der Waals surface area (Å²) < 4.78 is 32.7. The number of benzene rings is 2. The highest BCUT2D eigenvalue weighted by atomic mass is 32.2. The molecule has 0 aliphatic rings. The Bertz CT molecular complexity index is 1090. The van der Waals surface area contributed by atoms with Crippen molar-refractivity contribution in [2.75, 3.05) is 24.9 Å². The zero-order valence-corrected chi connectivity index (χ0v) is 18.4. The summed E-state index contributed by atoms with van der Waals surface area (Å²) in [5, 5.41) is 16.3. The van der Waals surface area contributed by atoms with Gasteiger partial charge >= 0.3 is 0 Å². The largest absolute Gasteiger partial charge is 0.495 e. The molecule has 0 spiro atoms. The SMILES string of the molecule is CCCNC(=O)CCNC(=O)c1ccc(S(=O)(=O)Nc2cc([N+](=O)[O-])ccc2OC)cc1. The summed E-state index contributed by atoms with van der Waals surface area (Å²) in [6, 6.07) is 8.64. The second kappa shape index (κ2) is 11.1. The molecule has 3 N–H and O–H groups in total. The molecule has 11 nitrogen and oxygen atoms in total. The van der Waals surface area contributed by atoms with Gasteiger partial charge in [-0.05, 0) is 36.8 Å². The maximum atomic E-state index is 12.7. The first kappa shape index (κ1) is 24.6. The van der Waals surface area contributed by atoms with Gasteiger partial charge in [-0.3, -0.25) is 24.4 Å². The maximum Gasteiger partial charge on any atom is 0.271 e. The van der Waals surface area contributed by atoms with Gasteiger partial charge in [-0.2, -0.15) is 0 Å². The monoisotopic (exact) mass is 464 g/mol. The van der Waals surface area contributed by atoms with Crippen LogP contribution in [0.4, 0.5) is 11.4 Å². The quantitative estimate of drug-likeness (QED) is 0.339. The number of nitro groups is 1. The van der Waals surface area contributed by atoms with Gasteiger partial charge in [-0.15, -0.1) is 0 Å². The molecule has 0 aromatic heterocycles. The molecular formula is C20H24N4O7S.